The number of nitrogen functional groups attached to an aromatic ring is 1. The number of aromatic nitrogens is 2. The van der Waals surface area contributed by atoms with E-state index in [9.17, 15) is 4.79 Å². The molecule has 0 fully saturated rings. The third kappa shape index (κ3) is 1.76. The van der Waals surface area contributed by atoms with Crippen molar-refractivity contribution in [2.45, 2.75) is 6.42 Å². The lowest BCUT2D eigenvalue weighted by atomic mass is 10.1. The number of nitrogens with one attached hydrogen (secondary N) is 1. The van der Waals surface area contributed by atoms with E-state index in [0.29, 0.717) is 5.69 Å². The number of esters is 1. The first-order valence-corrected chi connectivity index (χ1v) is 4.49. The SMILES string of the molecule is COC(=O)Cc1cc(N)cc2[nH]cnc12. The van der Waals surface area contributed by atoms with Gasteiger partial charge in [-0.05, 0) is 17.7 Å². The lowest BCUT2D eigenvalue weighted by Gasteiger charge is -2.02. The first kappa shape index (κ1) is 9.51. The third-order valence-electron chi connectivity index (χ3n) is 2.19. The summed E-state index contributed by atoms with van der Waals surface area (Å²) < 4.78 is 4.60. The van der Waals surface area contributed by atoms with E-state index in [2.05, 4.69) is 14.7 Å². The van der Waals surface area contributed by atoms with E-state index in [0.717, 1.165) is 16.6 Å². The van der Waals surface area contributed by atoms with Gasteiger partial charge in [0.25, 0.3) is 0 Å². The zero-order valence-corrected chi connectivity index (χ0v) is 8.28. The van der Waals surface area contributed by atoms with E-state index in [1.54, 1.807) is 18.5 Å². The van der Waals surface area contributed by atoms with Gasteiger partial charge in [0.2, 0.25) is 0 Å². The van der Waals surface area contributed by atoms with Crippen LogP contribution in [0.4, 0.5) is 5.69 Å². The number of nitrogens with two attached hydrogens (primary N) is 1. The number of anilines is 1. The fourth-order valence-corrected chi connectivity index (χ4v) is 1.51. The Labute approximate surface area is 86.3 Å². The number of hydrogen-bond donors (Lipinski definition) is 2. The predicted molar refractivity (Wildman–Crippen MR) is 56.2 cm³/mol. The zero-order valence-electron chi connectivity index (χ0n) is 8.28. The first-order chi connectivity index (χ1) is 7.20. The van der Waals surface area contributed by atoms with Gasteiger partial charge in [-0.15, -0.1) is 0 Å². The summed E-state index contributed by atoms with van der Waals surface area (Å²) in [5.74, 6) is -0.301. The number of nitrogens with zero attached hydrogens (tertiary/aromatic N) is 1. The molecule has 0 spiro atoms. The summed E-state index contributed by atoms with van der Waals surface area (Å²) in [4.78, 5) is 18.2. The molecule has 0 saturated heterocycles. The zero-order chi connectivity index (χ0) is 10.8. The third-order valence-corrected chi connectivity index (χ3v) is 2.19. The van der Waals surface area contributed by atoms with Gasteiger partial charge in [-0.25, -0.2) is 4.98 Å². The van der Waals surface area contributed by atoms with Crippen LogP contribution >= 0.6 is 0 Å². The van der Waals surface area contributed by atoms with Crippen LogP contribution in [0.1, 0.15) is 5.56 Å². The number of fused-ring (bicyclic) bond motifs is 1. The molecule has 0 amide bonds. The number of methoxy groups -OCH3 is 1. The van der Waals surface area contributed by atoms with E-state index in [1.165, 1.54) is 7.11 Å². The van der Waals surface area contributed by atoms with Gasteiger partial charge in [0.15, 0.2) is 0 Å². The fourth-order valence-electron chi connectivity index (χ4n) is 1.51. The molecule has 0 aliphatic carbocycles. The molecule has 5 nitrogen and oxygen atoms in total. The van der Waals surface area contributed by atoms with Gasteiger partial charge in [-0.1, -0.05) is 0 Å². The number of H-pyrrole nitrogens is 1. The van der Waals surface area contributed by atoms with Crippen LogP contribution in [0, 0.1) is 0 Å². The van der Waals surface area contributed by atoms with Gasteiger partial charge in [-0.3, -0.25) is 4.79 Å². The molecule has 1 heterocycles. The summed E-state index contributed by atoms with van der Waals surface area (Å²) in [6, 6.07) is 3.52. The van der Waals surface area contributed by atoms with Crippen LogP contribution in [-0.2, 0) is 16.0 Å². The standard InChI is InChI=1S/C10H11N3O2/c1-15-9(14)3-6-2-7(11)4-8-10(6)13-5-12-8/h2,4-5H,3,11H2,1H3,(H,12,13). The molecule has 5 heteroatoms. The van der Waals surface area contributed by atoms with Gasteiger partial charge in [0.1, 0.15) is 0 Å². The smallest absolute Gasteiger partial charge is 0.310 e. The summed E-state index contributed by atoms with van der Waals surface area (Å²) in [5, 5.41) is 0. The minimum atomic E-state index is -0.301. The van der Waals surface area contributed by atoms with E-state index in [-0.39, 0.29) is 12.4 Å². The van der Waals surface area contributed by atoms with Gasteiger partial charge in [-0.2, -0.15) is 0 Å². The van der Waals surface area contributed by atoms with Gasteiger partial charge < -0.3 is 15.5 Å². The molecule has 0 saturated carbocycles. The van der Waals surface area contributed by atoms with Crippen LogP contribution in [0.5, 0.6) is 0 Å². The molecular weight excluding hydrogens is 194 g/mol. The van der Waals surface area contributed by atoms with Crippen molar-refractivity contribution in [1.29, 1.82) is 0 Å². The average Bonchev–Trinajstić information content (AvgIpc) is 2.65. The van der Waals surface area contributed by atoms with Crippen molar-refractivity contribution in [3.8, 4) is 0 Å². The minimum Gasteiger partial charge on any atom is -0.469 e. The Morgan fingerprint density at radius 3 is 3.13 bits per heavy atom. The Balaban J connectivity index is 2.48. The number of carbonyl (C=O) groups is 1. The first-order valence-electron chi connectivity index (χ1n) is 4.49. The van der Waals surface area contributed by atoms with Crippen molar-refractivity contribution >= 4 is 22.7 Å². The fraction of sp³-hybridized carbons (Fsp3) is 0.200. The Morgan fingerprint density at radius 1 is 1.60 bits per heavy atom. The quantitative estimate of drug-likeness (QED) is 0.562. The molecule has 15 heavy (non-hydrogen) atoms. The Hall–Kier alpha value is -2.04. The highest BCUT2D eigenvalue weighted by Gasteiger charge is 2.09. The number of imidazole rings is 1. The second kappa shape index (κ2) is 3.61. The van der Waals surface area contributed by atoms with E-state index >= 15 is 0 Å². The normalized spacial score (nSPS) is 10.5. The monoisotopic (exact) mass is 205 g/mol. The van der Waals surface area contributed by atoms with Crippen molar-refractivity contribution < 1.29 is 9.53 Å². The van der Waals surface area contributed by atoms with Crippen molar-refractivity contribution in [2.24, 2.45) is 0 Å². The van der Waals surface area contributed by atoms with Crippen molar-refractivity contribution in [3.05, 3.63) is 24.0 Å². The average molecular weight is 205 g/mol. The molecule has 0 atom stereocenters. The van der Waals surface area contributed by atoms with Crippen molar-refractivity contribution in [3.63, 3.8) is 0 Å². The van der Waals surface area contributed by atoms with Gasteiger partial charge in [0.05, 0.1) is 30.9 Å². The lowest BCUT2D eigenvalue weighted by molar-refractivity contribution is -0.139. The second-order valence-electron chi connectivity index (χ2n) is 3.23. The number of ether oxygens (including phenoxy) is 1. The van der Waals surface area contributed by atoms with Crippen molar-refractivity contribution in [2.75, 3.05) is 12.8 Å². The van der Waals surface area contributed by atoms with E-state index in [1.807, 2.05) is 0 Å². The molecule has 1 aromatic carbocycles. The molecule has 1 aromatic heterocycles. The lowest BCUT2D eigenvalue weighted by Crippen LogP contribution is -2.05. The summed E-state index contributed by atoms with van der Waals surface area (Å²) in [6.07, 6.45) is 1.76. The molecule has 0 aliphatic heterocycles. The summed E-state index contributed by atoms with van der Waals surface area (Å²) in [6.45, 7) is 0. The van der Waals surface area contributed by atoms with Crippen LogP contribution in [0.2, 0.25) is 0 Å². The van der Waals surface area contributed by atoms with Gasteiger partial charge >= 0.3 is 5.97 Å². The largest absolute Gasteiger partial charge is 0.469 e. The van der Waals surface area contributed by atoms with Crippen LogP contribution in [0.25, 0.3) is 11.0 Å². The maximum Gasteiger partial charge on any atom is 0.310 e. The summed E-state index contributed by atoms with van der Waals surface area (Å²) >= 11 is 0. The predicted octanol–water partition coefficient (Wildman–Crippen LogP) is 0.861. The van der Waals surface area contributed by atoms with Crippen LogP contribution in [0.3, 0.4) is 0 Å². The molecule has 0 aliphatic rings. The Bertz CT molecular complexity index is 504. The molecule has 0 radical (unpaired) electrons. The molecule has 3 N–H and O–H groups in total. The molecule has 2 rings (SSSR count). The molecular formula is C10H11N3O2. The number of carbonyl (C=O) groups excluding carboxylic acids is 1. The van der Waals surface area contributed by atoms with Gasteiger partial charge in [0, 0.05) is 5.69 Å². The van der Waals surface area contributed by atoms with E-state index < -0.39 is 0 Å². The number of benzene rings is 1. The molecule has 2 aromatic rings. The highest BCUT2D eigenvalue weighted by atomic mass is 16.5. The topological polar surface area (TPSA) is 81.0 Å². The van der Waals surface area contributed by atoms with Crippen LogP contribution < -0.4 is 5.73 Å². The Morgan fingerprint density at radius 2 is 2.40 bits per heavy atom. The molecule has 78 valence electrons. The second-order valence-corrected chi connectivity index (χ2v) is 3.23. The maximum absolute atomic E-state index is 11.2. The van der Waals surface area contributed by atoms with Crippen LogP contribution in [0.15, 0.2) is 18.5 Å². The maximum atomic E-state index is 11.2. The van der Waals surface area contributed by atoms with E-state index in [4.69, 9.17) is 5.73 Å². The van der Waals surface area contributed by atoms with Crippen LogP contribution in [-0.4, -0.2) is 23.0 Å². The number of rotatable bonds is 2. The van der Waals surface area contributed by atoms with Crippen molar-refractivity contribution in [1.82, 2.24) is 9.97 Å². The summed E-state index contributed by atoms with van der Waals surface area (Å²) in [7, 11) is 1.36. The molecule has 0 unspecified atom stereocenters. The highest BCUT2D eigenvalue weighted by molar-refractivity contribution is 5.86. The Kier molecular flexibility index (Phi) is 2.29. The minimum absolute atomic E-state index is 0.183. The molecule has 0 bridgehead atoms. The summed E-state index contributed by atoms with van der Waals surface area (Å²) in [5.41, 5.74) is 8.67. The highest BCUT2D eigenvalue weighted by Crippen LogP contribution is 2.19. The number of aromatic amines is 1. The number of hydrogen-bond acceptors (Lipinski definition) is 4.